The molecule has 4 aliphatic carbocycles. The molecule has 3 nitrogen and oxygen atoms in total. The summed E-state index contributed by atoms with van der Waals surface area (Å²) in [7, 11) is 0.0323. The third-order valence-corrected chi connectivity index (χ3v) is 11.4. The highest BCUT2D eigenvalue weighted by Crippen LogP contribution is 2.67. The number of hydrogen-bond donors (Lipinski definition) is 0. The molecule has 0 radical (unpaired) electrons. The van der Waals surface area contributed by atoms with Gasteiger partial charge in [0.1, 0.15) is 0 Å². The number of fused-ring (bicyclic) bond motifs is 5. The van der Waals surface area contributed by atoms with Gasteiger partial charge in [-0.2, -0.15) is 0 Å². The van der Waals surface area contributed by atoms with Crippen molar-refractivity contribution >= 4 is 14.3 Å². The molecule has 8 atom stereocenters. The van der Waals surface area contributed by atoms with Crippen molar-refractivity contribution in [1.82, 2.24) is 0 Å². The normalized spacial score (nSPS) is 42.3. The summed E-state index contributed by atoms with van der Waals surface area (Å²) in [4.78, 5) is 11.7. The Balaban J connectivity index is 1.48. The third-order valence-electron chi connectivity index (χ3n) is 10.4. The summed E-state index contributed by atoms with van der Waals surface area (Å²) in [6.07, 6.45) is 15.2. The second-order valence-corrected chi connectivity index (χ2v) is 17.6. The van der Waals surface area contributed by atoms with Crippen LogP contribution in [0.2, 0.25) is 19.6 Å². The zero-order valence-corrected chi connectivity index (χ0v) is 22.8. The standard InChI is InChI=1S/C28H48O3Si/c1-19(8-13-26(29)30-4)23-11-12-24-22-10-9-20-18-21(31-32(5,6)7)14-16-27(20,2)25(22)15-17-28(23,24)3/h9,19,21-25H,8,10-18H2,1-7H3/t19?,21-,22?,23+,24?,25?,27-,28+/m0/s1. The van der Waals surface area contributed by atoms with Crippen molar-refractivity contribution in [2.45, 2.75) is 111 Å². The number of hydrogen-bond acceptors (Lipinski definition) is 3. The largest absolute Gasteiger partial charge is 0.469 e. The monoisotopic (exact) mass is 460 g/mol. The van der Waals surface area contributed by atoms with Crippen molar-refractivity contribution < 1.29 is 14.0 Å². The van der Waals surface area contributed by atoms with E-state index in [1.807, 2.05) is 0 Å². The lowest BCUT2D eigenvalue weighted by atomic mass is 9.47. The van der Waals surface area contributed by atoms with E-state index in [1.54, 1.807) is 5.57 Å². The van der Waals surface area contributed by atoms with Crippen LogP contribution >= 0.6 is 0 Å². The van der Waals surface area contributed by atoms with Gasteiger partial charge in [-0.25, -0.2) is 0 Å². The van der Waals surface area contributed by atoms with E-state index in [0.717, 1.165) is 30.1 Å². The fourth-order valence-electron chi connectivity index (χ4n) is 8.85. The van der Waals surface area contributed by atoms with E-state index in [0.29, 0.717) is 29.3 Å². The summed E-state index contributed by atoms with van der Waals surface area (Å²) in [5.41, 5.74) is 2.59. The fourth-order valence-corrected chi connectivity index (χ4v) is 10.1. The van der Waals surface area contributed by atoms with Gasteiger partial charge in [-0.3, -0.25) is 4.79 Å². The van der Waals surface area contributed by atoms with Gasteiger partial charge in [-0.1, -0.05) is 32.4 Å². The molecule has 4 rings (SSSR count). The number of carbonyl (C=O) groups is 1. The molecule has 0 spiro atoms. The summed E-state index contributed by atoms with van der Waals surface area (Å²) < 4.78 is 11.5. The van der Waals surface area contributed by atoms with Crippen LogP contribution in [-0.4, -0.2) is 27.5 Å². The van der Waals surface area contributed by atoms with Crippen molar-refractivity contribution in [3.8, 4) is 0 Å². The maximum atomic E-state index is 11.7. The minimum absolute atomic E-state index is 0.0492. The Hall–Kier alpha value is -0.613. The van der Waals surface area contributed by atoms with Crippen LogP contribution < -0.4 is 0 Å². The molecule has 0 aliphatic heterocycles. The molecular weight excluding hydrogens is 412 g/mol. The van der Waals surface area contributed by atoms with Crippen molar-refractivity contribution in [3.63, 3.8) is 0 Å². The zero-order chi connectivity index (χ0) is 23.3. The van der Waals surface area contributed by atoms with Gasteiger partial charge in [0, 0.05) is 12.5 Å². The number of allylic oxidation sites excluding steroid dienone is 1. The second kappa shape index (κ2) is 8.87. The zero-order valence-electron chi connectivity index (χ0n) is 21.8. The Morgan fingerprint density at radius 3 is 2.56 bits per heavy atom. The highest BCUT2D eigenvalue weighted by atomic mass is 28.4. The van der Waals surface area contributed by atoms with E-state index in [2.05, 4.69) is 46.5 Å². The second-order valence-electron chi connectivity index (χ2n) is 13.2. The predicted octanol–water partition coefficient (Wildman–Crippen LogP) is 7.37. The lowest BCUT2D eigenvalue weighted by molar-refractivity contribution is -0.141. The summed E-state index contributed by atoms with van der Waals surface area (Å²) in [5.74, 6) is 3.90. The van der Waals surface area contributed by atoms with E-state index in [4.69, 9.17) is 9.16 Å². The van der Waals surface area contributed by atoms with Gasteiger partial charge < -0.3 is 9.16 Å². The molecule has 0 N–H and O–H groups in total. The Kier molecular flexibility index (Phi) is 6.80. The van der Waals surface area contributed by atoms with Crippen molar-refractivity contribution in [1.29, 1.82) is 0 Å². The highest BCUT2D eigenvalue weighted by molar-refractivity contribution is 6.69. The summed E-state index contributed by atoms with van der Waals surface area (Å²) in [6.45, 7) is 14.6. The summed E-state index contributed by atoms with van der Waals surface area (Å²) >= 11 is 0. The quantitative estimate of drug-likeness (QED) is 0.236. The predicted molar refractivity (Wildman–Crippen MR) is 134 cm³/mol. The van der Waals surface area contributed by atoms with Crippen LogP contribution in [0.15, 0.2) is 11.6 Å². The maximum Gasteiger partial charge on any atom is 0.305 e. The smallest absolute Gasteiger partial charge is 0.305 e. The van der Waals surface area contributed by atoms with Crippen LogP contribution in [-0.2, 0) is 14.0 Å². The molecule has 0 aromatic heterocycles. The van der Waals surface area contributed by atoms with Gasteiger partial charge in [-0.05, 0) is 118 Å². The average Bonchev–Trinajstić information content (AvgIpc) is 3.08. The first kappa shape index (κ1) is 24.5. The van der Waals surface area contributed by atoms with E-state index in [-0.39, 0.29) is 5.97 Å². The molecule has 182 valence electrons. The molecule has 0 aromatic carbocycles. The van der Waals surface area contributed by atoms with Crippen LogP contribution in [0.25, 0.3) is 0 Å². The summed E-state index contributed by atoms with van der Waals surface area (Å²) in [6, 6.07) is 0. The molecule has 3 fully saturated rings. The molecule has 4 unspecified atom stereocenters. The van der Waals surface area contributed by atoms with Gasteiger partial charge in [0.25, 0.3) is 0 Å². The molecule has 0 bridgehead atoms. The average molecular weight is 461 g/mol. The lowest BCUT2D eigenvalue weighted by Gasteiger charge is -2.58. The van der Waals surface area contributed by atoms with Crippen molar-refractivity contribution in [2.24, 2.45) is 40.4 Å². The fraction of sp³-hybridized carbons (Fsp3) is 0.893. The van der Waals surface area contributed by atoms with Crippen molar-refractivity contribution in [3.05, 3.63) is 11.6 Å². The van der Waals surface area contributed by atoms with Crippen LogP contribution in [0, 0.1) is 40.4 Å². The Morgan fingerprint density at radius 1 is 1.12 bits per heavy atom. The molecule has 0 amide bonds. The minimum Gasteiger partial charge on any atom is -0.469 e. The molecule has 3 saturated carbocycles. The van der Waals surface area contributed by atoms with Crippen LogP contribution in [0.4, 0.5) is 0 Å². The molecule has 0 heterocycles. The number of rotatable bonds is 6. The van der Waals surface area contributed by atoms with Crippen LogP contribution in [0.5, 0.6) is 0 Å². The summed E-state index contributed by atoms with van der Waals surface area (Å²) in [5, 5.41) is 0. The Bertz CT molecular complexity index is 739. The Morgan fingerprint density at radius 2 is 1.88 bits per heavy atom. The topological polar surface area (TPSA) is 35.5 Å². The van der Waals surface area contributed by atoms with Crippen LogP contribution in [0.1, 0.15) is 85.0 Å². The number of methoxy groups -OCH3 is 1. The van der Waals surface area contributed by atoms with E-state index >= 15 is 0 Å². The van der Waals surface area contributed by atoms with Gasteiger partial charge in [0.05, 0.1) is 7.11 Å². The van der Waals surface area contributed by atoms with Gasteiger partial charge in [0.15, 0.2) is 8.32 Å². The maximum absolute atomic E-state index is 11.7. The number of ether oxygens (including phenoxy) is 1. The molecule has 0 saturated heterocycles. The molecule has 4 heteroatoms. The third kappa shape index (κ3) is 4.40. The SMILES string of the molecule is COC(=O)CCC(C)[C@H]1CCC2C3CC=C4C[C@@H](O[Si](C)(C)C)CC[C@]4(C)C3CC[C@@]21C. The van der Waals surface area contributed by atoms with Gasteiger partial charge in [0.2, 0.25) is 0 Å². The lowest BCUT2D eigenvalue weighted by Crippen LogP contribution is -2.51. The molecule has 32 heavy (non-hydrogen) atoms. The van der Waals surface area contributed by atoms with E-state index < -0.39 is 8.32 Å². The molecule has 4 aliphatic rings. The first-order chi connectivity index (χ1) is 15.0. The molecular formula is C28H48O3Si. The van der Waals surface area contributed by atoms with Gasteiger partial charge in [-0.15, -0.1) is 0 Å². The van der Waals surface area contributed by atoms with E-state index in [1.165, 1.54) is 58.5 Å². The van der Waals surface area contributed by atoms with E-state index in [9.17, 15) is 4.79 Å². The minimum atomic E-state index is -1.48. The number of esters is 1. The van der Waals surface area contributed by atoms with Crippen LogP contribution in [0.3, 0.4) is 0 Å². The molecule has 0 aromatic rings. The number of carbonyl (C=O) groups excluding carboxylic acids is 1. The van der Waals surface area contributed by atoms with Crippen molar-refractivity contribution in [2.75, 3.05) is 7.11 Å². The Labute approximate surface area is 198 Å². The van der Waals surface area contributed by atoms with Gasteiger partial charge >= 0.3 is 5.97 Å². The first-order valence-corrected chi connectivity index (χ1v) is 16.8. The highest BCUT2D eigenvalue weighted by Gasteiger charge is 2.59. The first-order valence-electron chi connectivity index (χ1n) is 13.4.